The quantitative estimate of drug-likeness (QED) is 0.349. The molecular weight excluding hydrogens is 308 g/mol. The van der Waals surface area contributed by atoms with Crippen molar-refractivity contribution in [2.24, 2.45) is 0 Å². The van der Waals surface area contributed by atoms with Crippen molar-refractivity contribution in [2.75, 3.05) is 13.2 Å². The summed E-state index contributed by atoms with van der Waals surface area (Å²) in [6.07, 6.45) is 0.713. The summed E-state index contributed by atoms with van der Waals surface area (Å²) in [5.74, 6) is -11.3. The number of hydrogen-bond donors (Lipinski definition) is 0. The number of rotatable bonds is 6. The predicted molar refractivity (Wildman–Crippen MR) is 67.4 cm³/mol. The molecule has 0 saturated carbocycles. The highest BCUT2D eigenvalue weighted by molar-refractivity contribution is 6.03. The zero-order valence-corrected chi connectivity index (χ0v) is 12.0. The summed E-state index contributed by atoms with van der Waals surface area (Å²) in [5, 5.41) is 0. The maximum Gasteiger partial charge on any atom is 0.342 e. The Balaban J connectivity index is 3.44. The molecule has 0 radical (unpaired) electrons. The summed E-state index contributed by atoms with van der Waals surface area (Å²) < 4.78 is 63.2. The number of benzene rings is 1. The van der Waals surface area contributed by atoms with Crippen molar-refractivity contribution in [1.82, 2.24) is 0 Å². The van der Waals surface area contributed by atoms with Gasteiger partial charge in [-0.15, -0.1) is 0 Å². The fourth-order valence-electron chi connectivity index (χ4n) is 1.55. The molecular formula is C14H14F4O4. The van der Waals surface area contributed by atoms with E-state index in [1.165, 1.54) is 0 Å². The van der Waals surface area contributed by atoms with E-state index in [0.717, 1.165) is 0 Å². The molecule has 0 bridgehead atoms. The fraction of sp³-hybridized carbons (Fsp3) is 0.429. The van der Waals surface area contributed by atoms with Crippen molar-refractivity contribution in [1.29, 1.82) is 0 Å². The van der Waals surface area contributed by atoms with E-state index in [1.54, 1.807) is 13.8 Å². The standard InChI is InChI=1S/C14H14F4O4/c1-3-5-21-13(19)7-8(14(20)22-6-4-2)10(16)12(18)11(17)9(7)15/h3-6H2,1-2H3. The summed E-state index contributed by atoms with van der Waals surface area (Å²) in [5.41, 5.74) is -2.63. The number of carbonyl (C=O) groups is 2. The minimum Gasteiger partial charge on any atom is -0.462 e. The highest BCUT2D eigenvalue weighted by atomic mass is 19.2. The zero-order chi connectivity index (χ0) is 16.9. The van der Waals surface area contributed by atoms with E-state index in [2.05, 4.69) is 9.47 Å². The van der Waals surface area contributed by atoms with Crippen LogP contribution in [-0.4, -0.2) is 25.2 Å². The van der Waals surface area contributed by atoms with Crippen LogP contribution in [0.3, 0.4) is 0 Å². The van der Waals surface area contributed by atoms with Crippen molar-refractivity contribution >= 4 is 11.9 Å². The van der Waals surface area contributed by atoms with Crippen LogP contribution in [0.4, 0.5) is 17.6 Å². The molecule has 0 atom stereocenters. The first-order chi connectivity index (χ1) is 10.4. The lowest BCUT2D eigenvalue weighted by atomic mass is 10.0. The van der Waals surface area contributed by atoms with Gasteiger partial charge in [-0.05, 0) is 12.8 Å². The molecule has 1 aromatic rings. The van der Waals surface area contributed by atoms with E-state index in [4.69, 9.17) is 0 Å². The van der Waals surface area contributed by atoms with Gasteiger partial charge < -0.3 is 9.47 Å². The number of ether oxygens (including phenoxy) is 2. The molecule has 122 valence electrons. The molecule has 0 unspecified atom stereocenters. The molecule has 0 aliphatic heterocycles. The van der Waals surface area contributed by atoms with Crippen LogP contribution in [0, 0.1) is 23.3 Å². The molecule has 0 N–H and O–H groups in total. The van der Waals surface area contributed by atoms with Gasteiger partial charge in [0.25, 0.3) is 0 Å². The third-order valence-corrected chi connectivity index (χ3v) is 2.55. The van der Waals surface area contributed by atoms with Crippen LogP contribution < -0.4 is 0 Å². The Morgan fingerprint density at radius 2 is 1.05 bits per heavy atom. The Hall–Kier alpha value is -2.12. The van der Waals surface area contributed by atoms with E-state index in [1.807, 2.05) is 0 Å². The smallest absolute Gasteiger partial charge is 0.342 e. The van der Waals surface area contributed by atoms with Gasteiger partial charge in [-0.3, -0.25) is 0 Å². The van der Waals surface area contributed by atoms with Gasteiger partial charge >= 0.3 is 11.9 Å². The van der Waals surface area contributed by atoms with Gasteiger partial charge in [0.1, 0.15) is 11.1 Å². The minimum absolute atomic E-state index is 0.164. The fourth-order valence-corrected chi connectivity index (χ4v) is 1.55. The summed E-state index contributed by atoms with van der Waals surface area (Å²) in [6.45, 7) is 2.93. The van der Waals surface area contributed by atoms with E-state index >= 15 is 0 Å². The number of carbonyl (C=O) groups excluding carboxylic acids is 2. The number of halogens is 4. The SMILES string of the molecule is CCCOC(=O)c1c(F)c(F)c(F)c(F)c1C(=O)OCCC. The van der Waals surface area contributed by atoms with Crippen LogP contribution in [0.5, 0.6) is 0 Å². The Morgan fingerprint density at radius 1 is 0.727 bits per heavy atom. The molecule has 22 heavy (non-hydrogen) atoms. The number of hydrogen-bond acceptors (Lipinski definition) is 4. The topological polar surface area (TPSA) is 52.6 Å². The van der Waals surface area contributed by atoms with Gasteiger partial charge in [-0.25, -0.2) is 27.2 Å². The zero-order valence-electron chi connectivity index (χ0n) is 12.0. The van der Waals surface area contributed by atoms with Crippen molar-refractivity contribution in [3.05, 3.63) is 34.4 Å². The van der Waals surface area contributed by atoms with Gasteiger partial charge in [0.2, 0.25) is 0 Å². The first kappa shape index (κ1) is 17.9. The lowest BCUT2D eigenvalue weighted by Crippen LogP contribution is -2.21. The second-order valence-electron chi connectivity index (χ2n) is 4.28. The average Bonchev–Trinajstić information content (AvgIpc) is 2.51. The molecule has 0 amide bonds. The maximum absolute atomic E-state index is 13.8. The summed E-state index contributed by atoms with van der Waals surface area (Å²) in [6, 6.07) is 0. The molecule has 4 nitrogen and oxygen atoms in total. The molecule has 0 fully saturated rings. The maximum atomic E-state index is 13.8. The third-order valence-electron chi connectivity index (χ3n) is 2.55. The second kappa shape index (κ2) is 7.77. The Bertz CT molecular complexity index is 536. The van der Waals surface area contributed by atoms with Crippen molar-refractivity contribution in [2.45, 2.75) is 26.7 Å². The molecule has 8 heteroatoms. The van der Waals surface area contributed by atoms with Crippen LogP contribution in [0.25, 0.3) is 0 Å². The molecule has 1 aromatic carbocycles. The highest BCUT2D eigenvalue weighted by Crippen LogP contribution is 2.26. The predicted octanol–water partition coefficient (Wildman–Crippen LogP) is 3.38. The van der Waals surface area contributed by atoms with Gasteiger partial charge in [0, 0.05) is 0 Å². The highest BCUT2D eigenvalue weighted by Gasteiger charge is 2.34. The third kappa shape index (κ3) is 3.55. The lowest BCUT2D eigenvalue weighted by Gasteiger charge is -2.12. The molecule has 1 rings (SSSR count). The average molecular weight is 322 g/mol. The molecule has 0 aromatic heterocycles. The Morgan fingerprint density at radius 3 is 1.32 bits per heavy atom. The normalized spacial score (nSPS) is 10.5. The van der Waals surface area contributed by atoms with Gasteiger partial charge in [0.05, 0.1) is 13.2 Å². The van der Waals surface area contributed by atoms with E-state index < -0.39 is 46.3 Å². The van der Waals surface area contributed by atoms with Gasteiger partial charge in [-0.1, -0.05) is 13.8 Å². The van der Waals surface area contributed by atoms with Gasteiger partial charge in [-0.2, -0.15) is 0 Å². The number of esters is 2. The van der Waals surface area contributed by atoms with Crippen LogP contribution in [0.2, 0.25) is 0 Å². The first-order valence-corrected chi connectivity index (χ1v) is 6.56. The van der Waals surface area contributed by atoms with Crippen LogP contribution in [0.15, 0.2) is 0 Å². The summed E-state index contributed by atoms with van der Waals surface area (Å²) in [7, 11) is 0. The van der Waals surface area contributed by atoms with Crippen molar-refractivity contribution in [3.63, 3.8) is 0 Å². The monoisotopic (exact) mass is 322 g/mol. The van der Waals surface area contributed by atoms with E-state index in [0.29, 0.717) is 12.8 Å². The summed E-state index contributed by atoms with van der Waals surface area (Å²) >= 11 is 0. The van der Waals surface area contributed by atoms with E-state index in [-0.39, 0.29) is 13.2 Å². The largest absolute Gasteiger partial charge is 0.462 e. The van der Waals surface area contributed by atoms with E-state index in [9.17, 15) is 27.2 Å². The molecule has 0 spiro atoms. The lowest BCUT2D eigenvalue weighted by molar-refractivity contribution is 0.0445. The van der Waals surface area contributed by atoms with Crippen LogP contribution in [0.1, 0.15) is 47.4 Å². The summed E-state index contributed by atoms with van der Waals surface area (Å²) in [4.78, 5) is 23.4. The second-order valence-corrected chi connectivity index (χ2v) is 4.28. The van der Waals surface area contributed by atoms with Crippen LogP contribution in [-0.2, 0) is 9.47 Å². The molecule has 0 aliphatic carbocycles. The van der Waals surface area contributed by atoms with Crippen molar-refractivity contribution in [3.8, 4) is 0 Å². The minimum atomic E-state index is -2.20. The Labute approximate surface area is 124 Å². The molecule has 0 aliphatic rings. The van der Waals surface area contributed by atoms with Crippen LogP contribution >= 0.6 is 0 Å². The first-order valence-electron chi connectivity index (χ1n) is 6.56. The van der Waals surface area contributed by atoms with Crippen molar-refractivity contribution < 1.29 is 36.6 Å². The van der Waals surface area contributed by atoms with Gasteiger partial charge in [0.15, 0.2) is 23.3 Å². The Kier molecular flexibility index (Phi) is 6.33. The molecule has 0 heterocycles. The molecule has 0 saturated heterocycles.